The SMILES string of the molecule is COc1ccc(CCNC(=O)[C@@H](Cc2ccccc2)N2Cc3ccccc3C2=O)cc1OC. The van der Waals surface area contributed by atoms with Crippen LogP contribution < -0.4 is 14.8 Å². The molecule has 1 N–H and O–H groups in total. The Kier molecular flexibility index (Phi) is 6.93. The highest BCUT2D eigenvalue weighted by Crippen LogP contribution is 2.28. The minimum atomic E-state index is -0.585. The number of amides is 2. The van der Waals surface area contributed by atoms with E-state index in [0.29, 0.717) is 43.0 Å². The molecule has 0 saturated heterocycles. The molecule has 33 heavy (non-hydrogen) atoms. The van der Waals surface area contributed by atoms with Gasteiger partial charge in [0, 0.05) is 25.1 Å². The normalized spacial score (nSPS) is 13.4. The Balaban J connectivity index is 1.47. The molecular formula is C27H28N2O4. The zero-order valence-electron chi connectivity index (χ0n) is 18.9. The lowest BCUT2D eigenvalue weighted by molar-refractivity contribution is -0.125. The lowest BCUT2D eigenvalue weighted by atomic mass is 10.0. The Morgan fingerprint density at radius 1 is 0.939 bits per heavy atom. The van der Waals surface area contributed by atoms with E-state index in [4.69, 9.17) is 9.47 Å². The van der Waals surface area contributed by atoms with Crippen molar-refractivity contribution in [2.45, 2.75) is 25.4 Å². The van der Waals surface area contributed by atoms with Crippen molar-refractivity contribution >= 4 is 11.8 Å². The number of benzene rings is 3. The van der Waals surface area contributed by atoms with Gasteiger partial charge in [0.1, 0.15) is 6.04 Å². The maximum Gasteiger partial charge on any atom is 0.255 e. The zero-order valence-corrected chi connectivity index (χ0v) is 18.9. The van der Waals surface area contributed by atoms with Crippen LogP contribution in [-0.2, 0) is 24.2 Å². The molecule has 0 fully saturated rings. The number of rotatable bonds is 9. The van der Waals surface area contributed by atoms with Crippen molar-refractivity contribution in [2.75, 3.05) is 20.8 Å². The first-order valence-corrected chi connectivity index (χ1v) is 11.0. The van der Waals surface area contributed by atoms with E-state index >= 15 is 0 Å². The van der Waals surface area contributed by atoms with Crippen LogP contribution in [-0.4, -0.2) is 43.5 Å². The van der Waals surface area contributed by atoms with E-state index in [-0.39, 0.29) is 11.8 Å². The van der Waals surface area contributed by atoms with Crippen LogP contribution in [0.15, 0.2) is 72.8 Å². The number of nitrogens with zero attached hydrogens (tertiary/aromatic N) is 1. The number of fused-ring (bicyclic) bond motifs is 1. The number of nitrogens with one attached hydrogen (secondary N) is 1. The first-order valence-electron chi connectivity index (χ1n) is 11.0. The van der Waals surface area contributed by atoms with Crippen LogP contribution in [0.3, 0.4) is 0 Å². The number of hydrogen-bond donors (Lipinski definition) is 1. The topological polar surface area (TPSA) is 67.9 Å². The Morgan fingerprint density at radius 3 is 2.39 bits per heavy atom. The summed E-state index contributed by atoms with van der Waals surface area (Å²) in [6, 6.07) is 22.5. The van der Waals surface area contributed by atoms with Gasteiger partial charge in [-0.25, -0.2) is 0 Å². The maximum atomic E-state index is 13.3. The standard InChI is InChI=1S/C27H28N2O4/c1-32-24-13-12-20(17-25(24)33-2)14-15-28-26(30)23(16-19-8-4-3-5-9-19)29-18-21-10-6-7-11-22(21)27(29)31/h3-13,17,23H,14-16,18H2,1-2H3,(H,28,30)/t23-/m1/s1. The van der Waals surface area contributed by atoms with Crippen LogP contribution in [0.1, 0.15) is 27.0 Å². The zero-order chi connectivity index (χ0) is 23.2. The number of methoxy groups -OCH3 is 2. The van der Waals surface area contributed by atoms with E-state index in [9.17, 15) is 9.59 Å². The van der Waals surface area contributed by atoms with Crippen molar-refractivity contribution in [1.29, 1.82) is 0 Å². The smallest absolute Gasteiger partial charge is 0.255 e. The van der Waals surface area contributed by atoms with Crippen molar-refractivity contribution in [1.82, 2.24) is 10.2 Å². The van der Waals surface area contributed by atoms with E-state index in [2.05, 4.69) is 5.32 Å². The highest BCUT2D eigenvalue weighted by molar-refractivity contribution is 6.01. The molecule has 4 rings (SSSR count). The minimum Gasteiger partial charge on any atom is -0.493 e. The molecule has 1 aliphatic heterocycles. The Bertz CT molecular complexity index is 1130. The lowest BCUT2D eigenvalue weighted by Gasteiger charge is -2.27. The molecule has 1 heterocycles. The molecule has 0 bridgehead atoms. The molecule has 0 aromatic heterocycles. The number of carbonyl (C=O) groups is 2. The Labute approximate surface area is 194 Å². The van der Waals surface area contributed by atoms with Gasteiger partial charge in [-0.1, -0.05) is 54.6 Å². The maximum absolute atomic E-state index is 13.3. The average molecular weight is 445 g/mol. The van der Waals surface area contributed by atoms with Crippen LogP contribution in [0.4, 0.5) is 0 Å². The van der Waals surface area contributed by atoms with Crippen LogP contribution in [0.2, 0.25) is 0 Å². The molecular weight excluding hydrogens is 416 g/mol. The van der Waals surface area contributed by atoms with E-state index in [0.717, 1.165) is 16.7 Å². The molecule has 6 heteroatoms. The molecule has 1 aliphatic rings. The van der Waals surface area contributed by atoms with Gasteiger partial charge in [0.2, 0.25) is 5.91 Å². The first-order chi connectivity index (χ1) is 16.1. The van der Waals surface area contributed by atoms with E-state index < -0.39 is 6.04 Å². The van der Waals surface area contributed by atoms with Crippen molar-refractivity contribution in [3.63, 3.8) is 0 Å². The second kappa shape index (κ2) is 10.2. The summed E-state index contributed by atoms with van der Waals surface area (Å²) in [7, 11) is 3.20. The minimum absolute atomic E-state index is 0.0958. The van der Waals surface area contributed by atoms with Gasteiger partial charge in [0.05, 0.1) is 14.2 Å². The van der Waals surface area contributed by atoms with Crippen molar-refractivity contribution in [3.05, 3.63) is 95.1 Å². The van der Waals surface area contributed by atoms with Gasteiger partial charge in [0.15, 0.2) is 11.5 Å². The molecule has 3 aromatic carbocycles. The van der Waals surface area contributed by atoms with Crippen LogP contribution >= 0.6 is 0 Å². The van der Waals surface area contributed by atoms with Gasteiger partial charge in [-0.3, -0.25) is 9.59 Å². The van der Waals surface area contributed by atoms with Gasteiger partial charge < -0.3 is 19.7 Å². The Morgan fingerprint density at radius 2 is 1.67 bits per heavy atom. The molecule has 0 radical (unpaired) electrons. The molecule has 170 valence electrons. The molecule has 6 nitrogen and oxygen atoms in total. The third kappa shape index (κ3) is 5.00. The van der Waals surface area contributed by atoms with E-state index in [1.807, 2.05) is 72.8 Å². The summed E-state index contributed by atoms with van der Waals surface area (Å²) >= 11 is 0. The molecule has 2 amide bonds. The highest BCUT2D eigenvalue weighted by atomic mass is 16.5. The van der Waals surface area contributed by atoms with Crippen molar-refractivity contribution in [2.24, 2.45) is 0 Å². The Hall–Kier alpha value is -3.80. The number of hydrogen-bond acceptors (Lipinski definition) is 4. The van der Waals surface area contributed by atoms with Crippen LogP contribution in [0.5, 0.6) is 11.5 Å². The van der Waals surface area contributed by atoms with Gasteiger partial charge in [-0.15, -0.1) is 0 Å². The van der Waals surface area contributed by atoms with Crippen molar-refractivity contribution in [3.8, 4) is 11.5 Å². The predicted octanol–water partition coefficient (Wildman–Crippen LogP) is 3.63. The summed E-state index contributed by atoms with van der Waals surface area (Å²) < 4.78 is 10.6. The van der Waals surface area contributed by atoms with Crippen LogP contribution in [0, 0.1) is 0 Å². The van der Waals surface area contributed by atoms with Gasteiger partial charge in [-0.2, -0.15) is 0 Å². The summed E-state index contributed by atoms with van der Waals surface area (Å²) in [5.74, 6) is 1.08. The number of ether oxygens (including phenoxy) is 2. The predicted molar refractivity (Wildman–Crippen MR) is 127 cm³/mol. The highest BCUT2D eigenvalue weighted by Gasteiger charge is 2.36. The molecule has 0 unspecified atom stereocenters. The van der Waals surface area contributed by atoms with E-state index in [1.165, 1.54) is 0 Å². The third-order valence-electron chi connectivity index (χ3n) is 5.96. The largest absolute Gasteiger partial charge is 0.493 e. The third-order valence-corrected chi connectivity index (χ3v) is 5.96. The molecule has 0 saturated carbocycles. The number of carbonyl (C=O) groups excluding carboxylic acids is 2. The second-order valence-electron chi connectivity index (χ2n) is 8.03. The second-order valence-corrected chi connectivity index (χ2v) is 8.03. The monoisotopic (exact) mass is 444 g/mol. The van der Waals surface area contributed by atoms with Gasteiger partial charge in [0.25, 0.3) is 5.91 Å². The first kappa shape index (κ1) is 22.4. The molecule has 1 atom stereocenters. The van der Waals surface area contributed by atoms with Gasteiger partial charge in [-0.05, 0) is 41.3 Å². The molecule has 0 spiro atoms. The fourth-order valence-corrected chi connectivity index (χ4v) is 4.19. The lowest BCUT2D eigenvalue weighted by Crippen LogP contribution is -2.48. The van der Waals surface area contributed by atoms with Crippen LogP contribution in [0.25, 0.3) is 0 Å². The van der Waals surface area contributed by atoms with Gasteiger partial charge >= 0.3 is 0 Å². The summed E-state index contributed by atoms with van der Waals surface area (Å²) in [5, 5.41) is 3.04. The van der Waals surface area contributed by atoms with Crippen molar-refractivity contribution < 1.29 is 19.1 Å². The van der Waals surface area contributed by atoms with E-state index in [1.54, 1.807) is 19.1 Å². The summed E-state index contributed by atoms with van der Waals surface area (Å²) in [4.78, 5) is 28.1. The quantitative estimate of drug-likeness (QED) is 0.547. The molecule has 0 aliphatic carbocycles. The summed E-state index contributed by atoms with van der Waals surface area (Å²) in [6.45, 7) is 0.893. The summed E-state index contributed by atoms with van der Waals surface area (Å²) in [5.41, 5.74) is 3.67. The fourth-order valence-electron chi connectivity index (χ4n) is 4.19. The molecule has 3 aromatic rings. The summed E-state index contributed by atoms with van der Waals surface area (Å²) in [6.07, 6.45) is 1.10. The average Bonchev–Trinajstić information content (AvgIpc) is 3.19. The fraction of sp³-hybridized carbons (Fsp3) is 0.259.